The molecule has 0 N–H and O–H groups in total. The van der Waals surface area contributed by atoms with Gasteiger partial charge < -0.3 is 0 Å². The molecule has 6 heavy (non-hydrogen) atoms. The van der Waals surface area contributed by atoms with Crippen molar-refractivity contribution in [2.75, 3.05) is 13.3 Å². The van der Waals surface area contributed by atoms with Crippen LogP contribution in [-0.2, 0) is 0 Å². The van der Waals surface area contributed by atoms with Gasteiger partial charge in [-0.05, 0) is 6.26 Å². The van der Waals surface area contributed by atoms with E-state index in [0.717, 1.165) is 5.17 Å². The van der Waals surface area contributed by atoms with Crippen LogP contribution in [0.1, 0.15) is 0 Å². The molecule has 0 aliphatic carbocycles. The van der Waals surface area contributed by atoms with Crippen LogP contribution in [0.5, 0.6) is 0 Å². The Morgan fingerprint density at radius 3 is 2.33 bits per heavy atom. The van der Waals surface area contributed by atoms with Gasteiger partial charge >= 0.3 is 0 Å². The van der Waals surface area contributed by atoms with E-state index in [2.05, 4.69) is 5.10 Å². The van der Waals surface area contributed by atoms with Crippen molar-refractivity contribution in [3.8, 4) is 0 Å². The molecule has 0 unspecified atom stereocenters. The molecule has 1 aliphatic rings. The van der Waals surface area contributed by atoms with Crippen molar-refractivity contribution in [2.24, 2.45) is 5.10 Å². The van der Waals surface area contributed by atoms with Gasteiger partial charge in [0.15, 0.2) is 0 Å². The van der Waals surface area contributed by atoms with Gasteiger partial charge in [-0.2, -0.15) is 0 Å². The summed E-state index contributed by atoms with van der Waals surface area (Å²) in [4.78, 5) is 0. The molecule has 0 spiro atoms. The summed E-state index contributed by atoms with van der Waals surface area (Å²) in [6, 6.07) is 0. The van der Waals surface area contributed by atoms with Crippen molar-refractivity contribution in [2.45, 2.75) is 0 Å². The molecule has 0 atom stereocenters. The highest BCUT2D eigenvalue weighted by atomic mass is 32.2. The van der Waals surface area contributed by atoms with E-state index in [1.165, 1.54) is 0 Å². The Morgan fingerprint density at radius 1 is 1.83 bits per heavy atom. The van der Waals surface area contributed by atoms with Gasteiger partial charge in [0.1, 0.15) is 0 Å². The number of rotatable bonds is 0. The van der Waals surface area contributed by atoms with E-state index in [9.17, 15) is 0 Å². The molecule has 2 nitrogen and oxygen atoms in total. The summed E-state index contributed by atoms with van der Waals surface area (Å²) in [6.07, 6.45) is 2.02. The first kappa shape index (κ1) is 3.99. The van der Waals surface area contributed by atoms with E-state index < -0.39 is 0 Å². The van der Waals surface area contributed by atoms with Crippen LogP contribution in [0.25, 0.3) is 0 Å². The van der Waals surface area contributed by atoms with Crippen molar-refractivity contribution >= 4 is 16.9 Å². The minimum absolute atomic E-state index is 1.13. The maximum atomic E-state index is 3.89. The molecular formula is C3H6N2S. The topological polar surface area (TPSA) is 15.4 Å². The fraction of sp³-hybridized carbons (Fsp3) is 0.667. The van der Waals surface area contributed by atoms with Crippen LogP contribution in [0, 0.1) is 0 Å². The standard InChI is InChI=1S/C3H6N2S/c1-5-3(4-5)6-2/h1-2H3. The fourth-order valence-electron chi connectivity index (χ4n) is 0.279. The van der Waals surface area contributed by atoms with E-state index in [1.54, 1.807) is 11.8 Å². The molecule has 0 bridgehead atoms. The number of hydrazone groups is 1. The Labute approximate surface area is 41.2 Å². The Bertz CT molecular complexity index is 88.8. The van der Waals surface area contributed by atoms with Crippen molar-refractivity contribution in [1.82, 2.24) is 5.01 Å². The van der Waals surface area contributed by atoms with Gasteiger partial charge in [-0.3, -0.25) is 0 Å². The van der Waals surface area contributed by atoms with Gasteiger partial charge in [-0.25, -0.2) is 5.01 Å². The number of amidine groups is 1. The molecular weight excluding hydrogens is 96.1 g/mol. The quantitative estimate of drug-likeness (QED) is 0.444. The molecule has 0 saturated heterocycles. The normalized spacial score (nSPS) is 17.7. The summed E-state index contributed by atoms with van der Waals surface area (Å²) in [6.45, 7) is 0. The van der Waals surface area contributed by atoms with Crippen LogP contribution >= 0.6 is 11.8 Å². The second kappa shape index (κ2) is 1.15. The molecule has 1 rings (SSSR count). The predicted molar refractivity (Wildman–Crippen MR) is 28.7 cm³/mol. The van der Waals surface area contributed by atoms with E-state index in [0.29, 0.717) is 0 Å². The van der Waals surface area contributed by atoms with Crippen molar-refractivity contribution < 1.29 is 0 Å². The molecule has 0 saturated carbocycles. The number of hydrogen-bond acceptors (Lipinski definition) is 3. The minimum atomic E-state index is 1.13. The van der Waals surface area contributed by atoms with Crippen LogP contribution in [-0.4, -0.2) is 23.5 Å². The molecule has 0 amide bonds. The lowest BCUT2D eigenvalue weighted by Crippen LogP contribution is -1.89. The Morgan fingerprint density at radius 2 is 2.33 bits per heavy atom. The van der Waals surface area contributed by atoms with Gasteiger partial charge in [-0.15, -0.1) is 5.10 Å². The zero-order valence-corrected chi connectivity index (χ0v) is 4.62. The van der Waals surface area contributed by atoms with E-state index in [4.69, 9.17) is 0 Å². The maximum Gasteiger partial charge on any atom is 0.203 e. The van der Waals surface area contributed by atoms with Gasteiger partial charge in [-0.1, -0.05) is 11.8 Å². The Balaban J connectivity index is 2.23. The highest BCUT2D eigenvalue weighted by Gasteiger charge is 2.15. The van der Waals surface area contributed by atoms with Gasteiger partial charge in [0.2, 0.25) is 5.17 Å². The SMILES string of the molecule is CSC1=NN1C. The summed E-state index contributed by atoms with van der Waals surface area (Å²) in [5.74, 6) is 0. The molecule has 0 aromatic rings. The minimum Gasteiger partial charge on any atom is -0.241 e. The fourth-order valence-corrected chi connectivity index (χ4v) is 0.747. The summed E-state index contributed by atoms with van der Waals surface area (Å²) in [7, 11) is 1.94. The van der Waals surface area contributed by atoms with Crippen LogP contribution in [0.4, 0.5) is 0 Å². The van der Waals surface area contributed by atoms with Crippen LogP contribution in [0.2, 0.25) is 0 Å². The van der Waals surface area contributed by atoms with Crippen molar-refractivity contribution in [3.05, 3.63) is 0 Å². The second-order valence-corrected chi connectivity index (χ2v) is 1.88. The van der Waals surface area contributed by atoms with Gasteiger partial charge in [0.25, 0.3) is 0 Å². The smallest absolute Gasteiger partial charge is 0.203 e. The first-order valence-electron chi connectivity index (χ1n) is 1.71. The summed E-state index contributed by atoms with van der Waals surface area (Å²) in [5.41, 5.74) is 0. The molecule has 34 valence electrons. The monoisotopic (exact) mass is 102 g/mol. The third-order valence-electron chi connectivity index (χ3n) is 0.656. The zero-order valence-electron chi connectivity index (χ0n) is 3.80. The lowest BCUT2D eigenvalue weighted by atomic mass is 11.3. The zero-order chi connectivity index (χ0) is 4.57. The molecule has 0 fully saturated rings. The predicted octanol–water partition coefficient (Wildman–Crippen LogP) is 0.566. The van der Waals surface area contributed by atoms with Gasteiger partial charge in [0.05, 0.1) is 0 Å². The highest BCUT2D eigenvalue weighted by Crippen LogP contribution is 2.14. The summed E-state index contributed by atoms with van der Waals surface area (Å²) < 4.78 is 0. The van der Waals surface area contributed by atoms with Gasteiger partial charge in [0, 0.05) is 7.05 Å². The van der Waals surface area contributed by atoms with E-state index >= 15 is 0 Å². The third-order valence-corrected chi connectivity index (χ3v) is 1.37. The molecule has 0 aromatic heterocycles. The number of nitrogens with zero attached hydrogens (tertiary/aromatic N) is 2. The average Bonchev–Trinajstić information content (AvgIpc) is 2.19. The molecule has 0 radical (unpaired) electrons. The first-order valence-corrected chi connectivity index (χ1v) is 2.93. The molecule has 0 aromatic carbocycles. The third kappa shape index (κ3) is 0.497. The first-order chi connectivity index (χ1) is 2.84. The summed E-state index contributed by atoms with van der Waals surface area (Å²) in [5, 5.41) is 6.87. The van der Waals surface area contributed by atoms with Crippen LogP contribution in [0.3, 0.4) is 0 Å². The molecule has 1 aliphatic heterocycles. The van der Waals surface area contributed by atoms with Crippen molar-refractivity contribution in [1.29, 1.82) is 0 Å². The molecule has 1 heterocycles. The second-order valence-electron chi connectivity index (χ2n) is 1.11. The maximum absolute atomic E-state index is 3.89. The molecule has 3 heteroatoms. The number of hydrogen-bond donors (Lipinski definition) is 0. The van der Waals surface area contributed by atoms with E-state index in [-0.39, 0.29) is 0 Å². The summed E-state index contributed by atoms with van der Waals surface area (Å²) >= 11 is 1.67. The Hall–Kier alpha value is -0.180. The lowest BCUT2D eigenvalue weighted by molar-refractivity contribution is 0.689. The van der Waals surface area contributed by atoms with Crippen LogP contribution < -0.4 is 0 Å². The Kier molecular flexibility index (Phi) is 0.765. The van der Waals surface area contributed by atoms with Crippen molar-refractivity contribution in [3.63, 3.8) is 0 Å². The van der Waals surface area contributed by atoms with E-state index in [1.807, 2.05) is 18.3 Å². The highest BCUT2D eigenvalue weighted by molar-refractivity contribution is 8.13. The van der Waals surface area contributed by atoms with Crippen LogP contribution in [0.15, 0.2) is 5.10 Å². The average molecular weight is 102 g/mol. The largest absolute Gasteiger partial charge is 0.241 e. The number of thioether (sulfide) groups is 1. The lowest BCUT2D eigenvalue weighted by Gasteiger charge is -1.79.